The molecule has 0 atom stereocenters. The molecule has 7 nitrogen and oxygen atoms in total. The maximum Gasteiger partial charge on any atom is 0.227 e. The highest BCUT2D eigenvalue weighted by Crippen LogP contribution is 2.38. The number of thiazole rings is 1. The van der Waals surface area contributed by atoms with Crippen LogP contribution in [0.1, 0.15) is 0 Å². The van der Waals surface area contributed by atoms with E-state index in [1.54, 1.807) is 11.3 Å². The van der Waals surface area contributed by atoms with Crippen LogP contribution in [0.4, 0.5) is 17.1 Å². The van der Waals surface area contributed by atoms with Gasteiger partial charge in [-0.05, 0) is 91.0 Å². The van der Waals surface area contributed by atoms with Gasteiger partial charge in [0.15, 0.2) is 23.1 Å². The van der Waals surface area contributed by atoms with Gasteiger partial charge in [-0.2, -0.15) is 0 Å². The first-order valence-corrected chi connectivity index (χ1v) is 18.7. The zero-order valence-corrected chi connectivity index (χ0v) is 30.1. The summed E-state index contributed by atoms with van der Waals surface area (Å²) >= 11 is 1.67. The molecule has 0 aliphatic heterocycles. The number of aromatic nitrogens is 5. The lowest BCUT2D eigenvalue weighted by Gasteiger charge is -2.25. The van der Waals surface area contributed by atoms with Gasteiger partial charge in [0.05, 0.1) is 10.2 Å². The fraction of sp³-hybridized carbons (Fsp3) is 0. The molecule has 0 N–H and O–H groups in total. The van der Waals surface area contributed by atoms with E-state index in [9.17, 15) is 0 Å². The number of fused-ring (bicyclic) bond motifs is 2. The fourth-order valence-electron chi connectivity index (χ4n) is 6.65. The lowest BCUT2D eigenvalue weighted by atomic mass is 10.1. The molecule has 10 aromatic rings. The molecule has 55 heavy (non-hydrogen) atoms. The molecule has 0 unspecified atom stereocenters. The second-order valence-corrected chi connectivity index (χ2v) is 14.0. The summed E-state index contributed by atoms with van der Waals surface area (Å²) in [5, 5.41) is 0.943. The van der Waals surface area contributed by atoms with Gasteiger partial charge in [-0.3, -0.25) is 0 Å². The number of nitrogens with zero attached hydrogens (tertiary/aromatic N) is 6. The molecule has 0 aliphatic carbocycles. The van der Waals surface area contributed by atoms with Crippen LogP contribution in [0.2, 0.25) is 0 Å². The Morgan fingerprint density at radius 2 is 0.891 bits per heavy atom. The van der Waals surface area contributed by atoms with Gasteiger partial charge >= 0.3 is 0 Å². The van der Waals surface area contributed by atoms with E-state index >= 15 is 0 Å². The summed E-state index contributed by atoms with van der Waals surface area (Å²) in [5.74, 6) is 2.48. The van der Waals surface area contributed by atoms with Crippen LogP contribution < -0.4 is 4.90 Å². The van der Waals surface area contributed by atoms with Crippen LogP contribution in [0.3, 0.4) is 0 Å². The van der Waals surface area contributed by atoms with Crippen LogP contribution in [0, 0.1) is 0 Å². The topological polar surface area (TPSA) is 80.8 Å². The molecule has 0 saturated heterocycles. The van der Waals surface area contributed by atoms with Gasteiger partial charge in [-0.25, -0.2) is 24.9 Å². The number of anilines is 3. The number of oxazole rings is 1. The van der Waals surface area contributed by atoms with E-state index < -0.39 is 0 Å². The molecule has 10 rings (SSSR count). The van der Waals surface area contributed by atoms with Gasteiger partial charge < -0.3 is 9.32 Å². The Bertz CT molecular complexity index is 2820. The van der Waals surface area contributed by atoms with E-state index in [1.807, 2.05) is 91.0 Å². The van der Waals surface area contributed by atoms with E-state index in [1.165, 1.54) is 0 Å². The second kappa shape index (κ2) is 13.9. The van der Waals surface area contributed by atoms with Crippen LogP contribution in [0.15, 0.2) is 186 Å². The molecule has 0 amide bonds. The van der Waals surface area contributed by atoms with Gasteiger partial charge in [0.2, 0.25) is 5.89 Å². The van der Waals surface area contributed by atoms with E-state index in [0.717, 1.165) is 71.2 Å². The SMILES string of the molecule is c1ccc(-c2nc(-c3ccccc3)nc(-c3ccc4sc(-c5ccc(N(c6ccccc6)c6ccc(-c7nc8ccccc8o7)cc6)cc5)nc4c3)n2)cc1. The Labute approximate surface area is 320 Å². The monoisotopic (exact) mass is 726 g/mol. The molecule has 0 radical (unpaired) electrons. The standard InChI is InChI=1S/C47H30N6OS/c1-4-12-31(13-5-1)43-50-44(32-14-6-2-7-15-32)52-45(51-43)35-24-29-42-40(30-35)49-47(55-42)34-22-27-38(28-23-34)53(36-16-8-3-9-17-36)37-25-20-33(21-26-37)46-48-39-18-10-11-19-41(39)54-46/h1-30H. The third kappa shape index (κ3) is 6.41. The third-order valence-corrected chi connectivity index (χ3v) is 10.5. The molecule has 260 valence electrons. The maximum absolute atomic E-state index is 6.03. The zero-order valence-electron chi connectivity index (χ0n) is 29.3. The molecule has 0 spiro atoms. The Hall–Kier alpha value is -7.29. The predicted octanol–water partition coefficient (Wildman–Crippen LogP) is 12.4. The summed E-state index contributed by atoms with van der Waals surface area (Å²) < 4.78 is 7.13. The highest BCUT2D eigenvalue weighted by atomic mass is 32.1. The Balaban J connectivity index is 0.965. The molecule has 0 fully saturated rings. The van der Waals surface area contributed by atoms with Gasteiger partial charge in [0.25, 0.3) is 0 Å². The highest BCUT2D eigenvalue weighted by Gasteiger charge is 2.17. The first kappa shape index (κ1) is 32.4. The van der Waals surface area contributed by atoms with Crippen LogP contribution in [-0.4, -0.2) is 24.9 Å². The third-order valence-electron chi connectivity index (χ3n) is 9.40. The summed E-state index contributed by atoms with van der Waals surface area (Å²) in [6.45, 7) is 0. The summed E-state index contributed by atoms with van der Waals surface area (Å²) in [6.07, 6.45) is 0. The van der Waals surface area contributed by atoms with Crippen molar-refractivity contribution in [1.29, 1.82) is 0 Å². The van der Waals surface area contributed by atoms with Gasteiger partial charge in [0, 0.05) is 44.9 Å². The molecule has 3 aromatic heterocycles. The van der Waals surface area contributed by atoms with Crippen molar-refractivity contribution in [3.8, 4) is 56.2 Å². The van der Waals surface area contributed by atoms with Crippen molar-refractivity contribution >= 4 is 49.7 Å². The summed E-state index contributed by atoms with van der Waals surface area (Å²) in [7, 11) is 0. The van der Waals surface area contributed by atoms with Crippen molar-refractivity contribution in [1.82, 2.24) is 24.9 Å². The molecule has 0 saturated carbocycles. The first-order chi connectivity index (χ1) is 27.2. The van der Waals surface area contributed by atoms with Gasteiger partial charge in [-0.15, -0.1) is 11.3 Å². The second-order valence-electron chi connectivity index (χ2n) is 13.0. The molecule has 8 heteroatoms. The molecule has 3 heterocycles. The van der Waals surface area contributed by atoms with Gasteiger partial charge in [-0.1, -0.05) is 91.0 Å². The van der Waals surface area contributed by atoms with Gasteiger partial charge in [0.1, 0.15) is 10.5 Å². The normalized spacial score (nSPS) is 11.3. The average Bonchev–Trinajstić information content (AvgIpc) is 3.90. The molecular formula is C47H30N6OS. The van der Waals surface area contributed by atoms with Crippen molar-refractivity contribution < 1.29 is 4.42 Å². The van der Waals surface area contributed by atoms with E-state index in [2.05, 4.69) is 101 Å². The Morgan fingerprint density at radius 3 is 1.51 bits per heavy atom. The average molecular weight is 727 g/mol. The number of rotatable bonds is 8. The summed E-state index contributed by atoms with van der Waals surface area (Å²) in [6, 6.07) is 61.4. The van der Waals surface area contributed by atoms with E-state index in [0.29, 0.717) is 23.4 Å². The molecule has 0 aliphatic rings. The van der Waals surface area contributed by atoms with Crippen molar-refractivity contribution in [2.24, 2.45) is 0 Å². The minimum atomic E-state index is 0.605. The number of benzene rings is 7. The van der Waals surface area contributed by atoms with E-state index in [4.69, 9.17) is 24.4 Å². The molecule has 0 bridgehead atoms. The van der Waals surface area contributed by atoms with Crippen molar-refractivity contribution in [3.05, 3.63) is 182 Å². The minimum absolute atomic E-state index is 0.605. The van der Waals surface area contributed by atoms with Crippen LogP contribution in [-0.2, 0) is 0 Å². The maximum atomic E-state index is 6.03. The Morgan fingerprint density at radius 1 is 0.382 bits per heavy atom. The highest BCUT2D eigenvalue weighted by molar-refractivity contribution is 7.21. The van der Waals surface area contributed by atoms with Crippen molar-refractivity contribution in [2.75, 3.05) is 4.90 Å². The Kier molecular flexibility index (Phi) is 8.20. The number of hydrogen-bond donors (Lipinski definition) is 0. The lowest BCUT2D eigenvalue weighted by Crippen LogP contribution is -2.09. The summed E-state index contributed by atoms with van der Waals surface area (Å²) in [5.41, 5.74) is 10.4. The predicted molar refractivity (Wildman–Crippen MR) is 222 cm³/mol. The van der Waals surface area contributed by atoms with Crippen LogP contribution in [0.25, 0.3) is 77.5 Å². The smallest absolute Gasteiger partial charge is 0.227 e. The lowest BCUT2D eigenvalue weighted by molar-refractivity contribution is 0.620. The molecule has 7 aromatic carbocycles. The van der Waals surface area contributed by atoms with Crippen molar-refractivity contribution in [3.63, 3.8) is 0 Å². The zero-order chi connectivity index (χ0) is 36.6. The minimum Gasteiger partial charge on any atom is -0.436 e. The summed E-state index contributed by atoms with van der Waals surface area (Å²) in [4.78, 5) is 26.7. The quantitative estimate of drug-likeness (QED) is 0.154. The van der Waals surface area contributed by atoms with Crippen LogP contribution in [0.5, 0.6) is 0 Å². The number of para-hydroxylation sites is 3. The van der Waals surface area contributed by atoms with E-state index in [-0.39, 0.29) is 0 Å². The molecular weight excluding hydrogens is 697 g/mol. The van der Waals surface area contributed by atoms with Crippen LogP contribution >= 0.6 is 11.3 Å². The van der Waals surface area contributed by atoms with Crippen molar-refractivity contribution in [2.45, 2.75) is 0 Å². The largest absolute Gasteiger partial charge is 0.436 e. The fourth-order valence-corrected chi connectivity index (χ4v) is 7.61. The number of hydrogen-bond acceptors (Lipinski definition) is 8. The first-order valence-electron chi connectivity index (χ1n) is 17.9.